The summed E-state index contributed by atoms with van der Waals surface area (Å²) in [5.74, 6) is -3.00. The van der Waals surface area contributed by atoms with Crippen molar-refractivity contribution < 1.29 is 37.0 Å². The maximum absolute atomic E-state index is 12.9. The van der Waals surface area contributed by atoms with Crippen molar-refractivity contribution in [3.05, 3.63) is 41.0 Å². The molecule has 0 aliphatic rings. The van der Waals surface area contributed by atoms with Crippen molar-refractivity contribution in [1.82, 2.24) is 0 Å². The van der Waals surface area contributed by atoms with E-state index in [4.69, 9.17) is 14.2 Å². The fourth-order valence-corrected chi connectivity index (χ4v) is 2.82. The average Bonchev–Trinajstić information content (AvgIpc) is 2.67. The molecule has 0 radical (unpaired) electrons. The van der Waals surface area contributed by atoms with E-state index in [-0.39, 0.29) is 6.61 Å². The Morgan fingerprint density at radius 1 is 1.00 bits per heavy atom. The summed E-state index contributed by atoms with van der Waals surface area (Å²) < 4.78 is 53.3. The summed E-state index contributed by atoms with van der Waals surface area (Å²) in [6.45, 7) is 1.88. The predicted molar refractivity (Wildman–Crippen MR) is 97.3 cm³/mol. The lowest BCUT2D eigenvalue weighted by atomic mass is 9.87. The number of halogens is 3. The molecule has 0 unspecified atom stereocenters. The lowest BCUT2D eigenvalue weighted by Crippen LogP contribution is -2.30. The Bertz CT molecular complexity index is 677. The normalized spacial score (nSPS) is 12.6. The van der Waals surface area contributed by atoms with Crippen LogP contribution < -0.4 is 0 Å². The van der Waals surface area contributed by atoms with Crippen LogP contribution in [0.15, 0.2) is 29.8 Å². The van der Waals surface area contributed by atoms with Crippen LogP contribution in [0.1, 0.15) is 37.3 Å². The van der Waals surface area contributed by atoms with Crippen molar-refractivity contribution in [3.8, 4) is 0 Å². The predicted octanol–water partition coefficient (Wildman–Crippen LogP) is 4.26. The van der Waals surface area contributed by atoms with Gasteiger partial charge in [0.05, 0.1) is 26.4 Å². The van der Waals surface area contributed by atoms with Crippen LogP contribution in [0.3, 0.4) is 0 Å². The molecule has 1 aromatic rings. The topological polar surface area (TPSA) is 61.8 Å². The molecule has 0 atom stereocenters. The van der Waals surface area contributed by atoms with Crippen LogP contribution in [-0.2, 0) is 30.0 Å². The molecule has 1 aromatic carbocycles. The van der Waals surface area contributed by atoms with Crippen molar-refractivity contribution in [2.45, 2.75) is 32.4 Å². The summed E-state index contributed by atoms with van der Waals surface area (Å²) >= 11 is 0. The number of alkyl halides is 3. The van der Waals surface area contributed by atoms with E-state index < -0.39 is 29.6 Å². The third-order valence-electron chi connectivity index (χ3n) is 4.25. The van der Waals surface area contributed by atoms with Gasteiger partial charge in [-0.25, -0.2) is 0 Å². The van der Waals surface area contributed by atoms with Crippen LogP contribution in [-0.4, -0.2) is 39.9 Å². The van der Waals surface area contributed by atoms with Gasteiger partial charge in [0.25, 0.3) is 0 Å². The second kappa shape index (κ2) is 10.8. The van der Waals surface area contributed by atoms with Crippen molar-refractivity contribution in [1.29, 1.82) is 0 Å². The molecule has 0 saturated carbocycles. The number of allylic oxidation sites excluding steroid dienone is 1. The molecule has 5 nitrogen and oxygen atoms in total. The average molecular weight is 402 g/mol. The lowest BCUT2D eigenvalue weighted by molar-refractivity contribution is -0.157. The van der Waals surface area contributed by atoms with Crippen molar-refractivity contribution in [3.63, 3.8) is 0 Å². The Labute approximate surface area is 162 Å². The maximum Gasteiger partial charge on any atom is 0.416 e. The van der Waals surface area contributed by atoms with Gasteiger partial charge in [-0.15, -0.1) is 0 Å². The van der Waals surface area contributed by atoms with E-state index in [0.29, 0.717) is 29.6 Å². The van der Waals surface area contributed by atoms with E-state index >= 15 is 0 Å². The van der Waals surface area contributed by atoms with E-state index in [1.807, 2.05) is 6.92 Å². The number of carbonyl (C=O) groups excluding carboxylic acids is 2. The highest BCUT2D eigenvalue weighted by atomic mass is 19.4. The number of benzene rings is 1. The zero-order valence-electron chi connectivity index (χ0n) is 16.4. The summed E-state index contributed by atoms with van der Waals surface area (Å²) in [5.41, 5.74) is 0.579. The van der Waals surface area contributed by atoms with Crippen LogP contribution in [0.25, 0.3) is 5.57 Å². The molecular formula is C20H25F3O5. The maximum atomic E-state index is 12.9. The molecule has 8 heteroatoms. The highest BCUT2D eigenvalue weighted by Crippen LogP contribution is 2.34. The Kier molecular flexibility index (Phi) is 9.18. The first-order chi connectivity index (χ1) is 13.2. The van der Waals surface area contributed by atoms with Gasteiger partial charge in [-0.3, -0.25) is 9.59 Å². The quantitative estimate of drug-likeness (QED) is 0.456. The molecule has 0 N–H and O–H groups in total. The molecule has 0 aliphatic heterocycles. The fraction of sp³-hybridized carbons (Fsp3) is 0.500. The molecule has 0 fully saturated rings. The van der Waals surface area contributed by atoms with E-state index in [1.165, 1.54) is 19.2 Å². The van der Waals surface area contributed by atoms with Crippen LogP contribution in [0, 0.1) is 5.92 Å². The van der Waals surface area contributed by atoms with Crippen molar-refractivity contribution in [2.75, 3.05) is 27.9 Å². The molecule has 0 saturated heterocycles. The molecule has 28 heavy (non-hydrogen) atoms. The summed E-state index contributed by atoms with van der Waals surface area (Å²) in [5, 5.41) is 0. The van der Waals surface area contributed by atoms with Gasteiger partial charge >= 0.3 is 18.1 Å². The number of rotatable bonds is 9. The molecule has 1 rings (SSSR count). The number of ether oxygens (including phenoxy) is 3. The second-order valence-corrected chi connectivity index (χ2v) is 6.09. The summed E-state index contributed by atoms with van der Waals surface area (Å²) in [6, 6.07) is 4.60. The van der Waals surface area contributed by atoms with Gasteiger partial charge in [-0.05, 0) is 41.7 Å². The second-order valence-electron chi connectivity index (χ2n) is 6.09. The van der Waals surface area contributed by atoms with Crippen LogP contribution in [0.2, 0.25) is 0 Å². The minimum atomic E-state index is -4.46. The minimum Gasteiger partial charge on any atom is -0.468 e. The van der Waals surface area contributed by atoms with Crippen molar-refractivity contribution in [2.24, 2.45) is 5.92 Å². The van der Waals surface area contributed by atoms with Gasteiger partial charge in [0.15, 0.2) is 5.92 Å². The number of hydrogen-bond acceptors (Lipinski definition) is 5. The Balaban J connectivity index is 3.60. The molecule has 0 aliphatic carbocycles. The largest absolute Gasteiger partial charge is 0.468 e. The van der Waals surface area contributed by atoms with E-state index in [9.17, 15) is 22.8 Å². The molecule has 0 aromatic heterocycles. The van der Waals surface area contributed by atoms with Gasteiger partial charge in [-0.2, -0.15) is 13.2 Å². The first kappa shape index (κ1) is 23.7. The molecule has 156 valence electrons. The summed E-state index contributed by atoms with van der Waals surface area (Å²) in [4.78, 5) is 24.5. The third kappa shape index (κ3) is 6.09. The Morgan fingerprint density at radius 2 is 1.54 bits per heavy atom. The number of unbranched alkanes of at least 4 members (excludes halogenated alkanes) is 1. The molecule has 0 spiro atoms. The van der Waals surface area contributed by atoms with Crippen LogP contribution >= 0.6 is 0 Å². The van der Waals surface area contributed by atoms with Crippen LogP contribution in [0.5, 0.6) is 0 Å². The SMILES string of the molecule is CCCC/C(=C(/COC)C(C(=O)OC)C(=O)OC)c1ccc(C(F)(F)F)cc1. The standard InChI is InChI=1S/C20H25F3O5/c1-5-6-7-15(13-8-10-14(11-9-13)20(21,22)23)16(12-26-2)17(18(24)27-3)19(25)28-4/h8-11,17H,5-7,12H2,1-4H3/b16-15+. The van der Waals surface area contributed by atoms with Gasteiger partial charge in [0.1, 0.15) is 0 Å². The number of methoxy groups -OCH3 is 3. The summed E-state index contributed by atoms with van der Waals surface area (Å²) in [6.07, 6.45) is -2.49. The third-order valence-corrected chi connectivity index (χ3v) is 4.25. The zero-order valence-corrected chi connectivity index (χ0v) is 16.4. The highest BCUT2D eigenvalue weighted by molar-refractivity contribution is 6.00. The van der Waals surface area contributed by atoms with E-state index in [0.717, 1.165) is 32.8 Å². The molecular weight excluding hydrogens is 377 g/mol. The number of carbonyl (C=O) groups is 2. The van der Waals surface area contributed by atoms with E-state index in [1.54, 1.807) is 0 Å². The highest BCUT2D eigenvalue weighted by Gasteiger charge is 2.35. The molecule has 0 bridgehead atoms. The number of hydrogen-bond donors (Lipinski definition) is 0. The lowest BCUT2D eigenvalue weighted by Gasteiger charge is -2.21. The Morgan fingerprint density at radius 3 is 1.93 bits per heavy atom. The minimum absolute atomic E-state index is 0.0745. The van der Waals surface area contributed by atoms with E-state index in [2.05, 4.69) is 0 Å². The van der Waals surface area contributed by atoms with Gasteiger partial charge in [0.2, 0.25) is 0 Å². The van der Waals surface area contributed by atoms with Crippen molar-refractivity contribution >= 4 is 17.5 Å². The Hall–Kier alpha value is -2.35. The van der Waals surface area contributed by atoms with Crippen LogP contribution in [0.4, 0.5) is 13.2 Å². The zero-order chi connectivity index (χ0) is 21.3. The number of esters is 2. The first-order valence-corrected chi connectivity index (χ1v) is 8.75. The molecule has 0 amide bonds. The van der Waals surface area contributed by atoms with Gasteiger partial charge < -0.3 is 14.2 Å². The van der Waals surface area contributed by atoms with Gasteiger partial charge in [-0.1, -0.05) is 25.5 Å². The summed E-state index contributed by atoms with van der Waals surface area (Å²) in [7, 11) is 3.69. The fourth-order valence-electron chi connectivity index (χ4n) is 2.82. The molecule has 0 heterocycles. The van der Waals surface area contributed by atoms with Gasteiger partial charge in [0, 0.05) is 7.11 Å². The smallest absolute Gasteiger partial charge is 0.416 e. The monoisotopic (exact) mass is 402 g/mol. The first-order valence-electron chi connectivity index (χ1n) is 8.75.